The highest BCUT2D eigenvalue weighted by molar-refractivity contribution is 5.93. The molecule has 2 aliphatic rings. The lowest BCUT2D eigenvalue weighted by atomic mass is 10.1. The summed E-state index contributed by atoms with van der Waals surface area (Å²) >= 11 is 0. The molecule has 152 valence electrons. The normalized spacial score (nSPS) is 21.0. The van der Waals surface area contributed by atoms with E-state index in [2.05, 4.69) is 5.32 Å². The Labute approximate surface area is 169 Å². The van der Waals surface area contributed by atoms with E-state index in [4.69, 9.17) is 4.42 Å². The van der Waals surface area contributed by atoms with Gasteiger partial charge in [-0.2, -0.15) is 0 Å². The van der Waals surface area contributed by atoms with Gasteiger partial charge < -0.3 is 19.5 Å². The lowest BCUT2D eigenvalue weighted by molar-refractivity contribution is -0.136. The smallest absolute Gasteiger partial charge is 0.289 e. The van der Waals surface area contributed by atoms with Gasteiger partial charge in [0.1, 0.15) is 0 Å². The molecule has 1 saturated heterocycles. The SMILES string of the molecule is Cc1ccccc1CNC(=O)C1CC1C(=O)N1CCN(C(=O)c2ccco2)CC1. The second kappa shape index (κ2) is 8.11. The molecule has 0 bridgehead atoms. The Balaban J connectivity index is 1.24. The lowest BCUT2D eigenvalue weighted by Crippen LogP contribution is -2.51. The molecule has 2 heterocycles. The Kier molecular flexibility index (Phi) is 5.38. The minimum Gasteiger partial charge on any atom is -0.459 e. The molecule has 0 spiro atoms. The lowest BCUT2D eigenvalue weighted by Gasteiger charge is -2.34. The highest BCUT2D eigenvalue weighted by Crippen LogP contribution is 2.40. The van der Waals surface area contributed by atoms with Crippen LogP contribution in [0.15, 0.2) is 47.1 Å². The van der Waals surface area contributed by atoms with Gasteiger partial charge >= 0.3 is 0 Å². The van der Waals surface area contributed by atoms with Crippen molar-refractivity contribution in [2.45, 2.75) is 19.9 Å². The van der Waals surface area contributed by atoms with E-state index in [-0.39, 0.29) is 29.6 Å². The van der Waals surface area contributed by atoms with Gasteiger partial charge in [-0.3, -0.25) is 14.4 Å². The fourth-order valence-corrected chi connectivity index (χ4v) is 3.80. The summed E-state index contributed by atoms with van der Waals surface area (Å²) < 4.78 is 5.16. The third-order valence-corrected chi connectivity index (χ3v) is 5.77. The molecule has 1 aromatic carbocycles. The Morgan fingerprint density at radius 1 is 1.00 bits per heavy atom. The highest BCUT2D eigenvalue weighted by Gasteiger charge is 2.49. The first-order chi connectivity index (χ1) is 14.0. The van der Waals surface area contributed by atoms with Crippen molar-refractivity contribution in [3.8, 4) is 0 Å². The first-order valence-electron chi connectivity index (χ1n) is 9.98. The van der Waals surface area contributed by atoms with Crippen LogP contribution >= 0.6 is 0 Å². The maximum Gasteiger partial charge on any atom is 0.289 e. The number of benzene rings is 1. The van der Waals surface area contributed by atoms with Crippen LogP contribution in [-0.4, -0.2) is 53.7 Å². The average molecular weight is 395 g/mol. The van der Waals surface area contributed by atoms with E-state index in [1.807, 2.05) is 31.2 Å². The van der Waals surface area contributed by atoms with E-state index in [0.717, 1.165) is 11.1 Å². The van der Waals surface area contributed by atoms with E-state index < -0.39 is 0 Å². The van der Waals surface area contributed by atoms with Gasteiger partial charge in [0.05, 0.1) is 18.1 Å². The van der Waals surface area contributed by atoms with Crippen LogP contribution in [0, 0.1) is 18.8 Å². The summed E-state index contributed by atoms with van der Waals surface area (Å²) in [6, 6.07) is 11.3. The fourth-order valence-electron chi connectivity index (χ4n) is 3.80. The third-order valence-electron chi connectivity index (χ3n) is 5.77. The number of nitrogens with zero attached hydrogens (tertiary/aromatic N) is 2. The molecule has 1 saturated carbocycles. The van der Waals surface area contributed by atoms with Crippen LogP contribution in [0.2, 0.25) is 0 Å². The van der Waals surface area contributed by atoms with Crippen molar-refractivity contribution in [2.24, 2.45) is 11.8 Å². The molecule has 2 aromatic rings. The Morgan fingerprint density at radius 2 is 1.72 bits per heavy atom. The topological polar surface area (TPSA) is 82.9 Å². The zero-order valence-electron chi connectivity index (χ0n) is 16.5. The number of amides is 3. The number of aryl methyl sites for hydroxylation is 1. The van der Waals surface area contributed by atoms with Crippen molar-refractivity contribution in [2.75, 3.05) is 26.2 Å². The molecule has 7 nitrogen and oxygen atoms in total. The largest absolute Gasteiger partial charge is 0.459 e. The Bertz CT molecular complexity index is 901. The van der Waals surface area contributed by atoms with Crippen LogP contribution in [0.5, 0.6) is 0 Å². The third kappa shape index (κ3) is 4.18. The summed E-state index contributed by atoms with van der Waals surface area (Å²) in [5.74, 6) is -0.350. The van der Waals surface area contributed by atoms with Gasteiger partial charge in [-0.25, -0.2) is 0 Å². The maximum absolute atomic E-state index is 12.7. The van der Waals surface area contributed by atoms with Gasteiger partial charge in [0.2, 0.25) is 11.8 Å². The molecule has 7 heteroatoms. The minimum atomic E-state index is -0.241. The van der Waals surface area contributed by atoms with E-state index in [0.29, 0.717) is 44.9 Å². The van der Waals surface area contributed by atoms with Crippen LogP contribution in [0.25, 0.3) is 0 Å². The summed E-state index contributed by atoms with van der Waals surface area (Å²) in [6.45, 7) is 4.42. The standard InChI is InChI=1S/C22H25N3O4/c1-15-5-2-3-6-16(15)14-23-20(26)17-13-18(17)21(27)24-8-10-25(11-9-24)22(28)19-7-4-12-29-19/h2-7,12,17-18H,8-11,13-14H2,1H3,(H,23,26). The molecule has 4 rings (SSSR count). The second-order valence-electron chi connectivity index (χ2n) is 7.69. The van der Waals surface area contributed by atoms with Crippen LogP contribution in [-0.2, 0) is 16.1 Å². The van der Waals surface area contributed by atoms with E-state index >= 15 is 0 Å². The molecular formula is C22H25N3O4. The minimum absolute atomic E-state index is 0.0196. The van der Waals surface area contributed by atoms with Crippen LogP contribution in [0.1, 0.15) is 28.1 Å². The molecule has 1 aliphatic carbocycles. The van der Waals surface area contributed by atoms with Gasteiger partial charge in [0.25, 0.3) is 5.91 Å². The molecule has 3 amide bonds. The summed E-state index contributed by atoms with van der Waals surface area (Å²) in [5.41, 5.74) is 2.22. The van der Waals surface area contributed by atoms with Crippen LogP contribution in [0.3, 0.4) is 0 Å². The van der Waals surface area contributed by atoms with E-state index in [1.54, 1.807) is 21.9 Å². The summed E-state index contributed by atoms with van der Waals surface area (Å²) in [5, 5.41) is 2.95. The second-order valence-corrected chi connectivity index (χ2v) is 7.69. The number of hydrogen-bond acceptors (Lipinski definition) is 4. The molecule has 29 heavy (non-hydrogen) atoms. The van der Waals surface area contributed by atoms with Gasteiger partial charge in [-0.1, -0.05) is 24.3 Å². The van der Waals surface area contributed by atoms with Gasteiger partial charge in [-0.15, -0.1) is 0 Å². The van der Waals surface area contributed by atoms with Gasteiger partial charge in [0.15, 0.2) is 5.76 Å². The van der Waals surface area contributed by atoms with E-state index in [9.17, 15) is 14.4 Å². The highest BCUT2D eigenvalue weighted by atomic mass is 16.3. The van der Waals surface area contributed by atoms with Crippen molar-refractivity contribution >= 4 is 17.7 Å². The predicted molar refractivity (Wildman–Crippen MR) is 106 cm³/mol. The quantitative estimate of drug-likeness (QED) is 0.837. The number of nitrogens with one attached hydrogen (secondary N) is 1. The van der Waals surface area contributed by atoms with Crippen molar-refractivity contribution in [3.63, 3.8) is 0 Å². The van der Waals surface area contributed by atoms with Crippen LogP contribution in [0.4, 0.5) is 0 Å². The molecule has 1 aliphatic heterocycles. The number of carbonyl (C=O) groups is 3. The van der Waals surface area contributed by atoms with Gasteiger partial charge in [0, 0.05) is 32.7 Å². The molecule has 1 N–H and O–H groups in total. The molecule has 1 aromatic heterocycles. The zero-order valence-corrected chi connectivity index (χ0v) is 16.5. The fraction of sp³-hybridized carbons (Fsp3) is 0.409. The predicted octanol–water partition coefficient (Wildman–Crippen LogP) is 1.82. The van der Waals surface area contributed by atoms with Crippen molar-refractivity contribution in [1.29, 1.82) is 0 Å². The molecular weight excluding hydrogens is 370 g/mol. The molecule has 2 atom stereocenters. The number of piperazine rings is 1. The molecule has 2 fully saturated rings. The number of rotatable bonds is 5. The zero-order chi connectivity index (χ0) is 20.4. The Morgan fingerprint density at radius 3 is 2.41 bits per heavy atom. The first-order valence-corrected chi connectivity index (χ1v) is 9.98. The maximum atomic E-state index is 12.7. The van der Waals surface area contributed by atoms with Crippen molar-refractivity contribution < 1.29 is 18.8 Å². The Hall–Kier alpha value is -3.09. The number of carbonyl (C=O) groups excluding carboxylic acids is 3. The number of furan rings is 1. The van der Waals surface area contributed by atoms with Crippen molar-refractivity contribution in [1.82, 2.24) is 15.1 Å². The van der Waals surface area contributed by atoms with Crippen molar-refractivity contribution in [3.05, 3.63) is 59.5 Å². The number of hydrogen-bond donors (Lipinski definition) is 1. The monoisotopic (exact) mass is 395 g/mol. The van der Waals surface area contributed by atoms with Gasteiger partial charge in [-0.05, 0) is 36.6 Å². The molecule has 2 unspecified atom stereocenters. The summed E-state index contributed by atoms with van der Waals surface area (Å²) in [7, 11) is 0. The van der Waals surface area contributed by atoms with E-state index in [1.165, 1.54) is 6.26 Å². The first kappa shape index (κ1) is 19.2. The summed E-state index contributed by atoms with van der Waals surface area (Å²) in [6.07, 6.45) is 2.08. The van der Waals surface area contributed by atoms with Crippen LogP contribution < -0.4 is 5.32 Å². The molecule has 0 radical (unpaired) electrons. The average Bonchev–Trinajstić information content (AvgIpc) is 3.36. The summed E-state index contributed by atoms with van der Waals surface area (Å²) in [4.78, 5) is 40.9.